The fraction of sp³-hybridized carbons (Fsp3) is 0.824. The van der Waals surface area contributed by atoms with Gasteiger partial charge in [-0.05, 0) is 19.3 Å². The first-order chi connectivity index (χ1) is 10.8. The van der Waals surface area contributed by atoms with Gasteiger partial charge in [0.05, 0.1) is 6.54 Å². The van der Waals surface area contributed by atoms with Gasteiger partial charge in [-0.2, -0.15) is 0 Å². The molecule has 5 heteroatoms. The molecule has 0 atom stereocenters. The van der Waals surface area contributed by atoms with Crippen molar-refractivity contribution >= 4 is 5.91 Å². The van der Waals surface area contributed by atoms with Gasteiger partial charge in [-0.3, -0.25) is 4.79 Å². The number of nitrogens with one attached hydrogen (secondary N) is 1. The summed E-state index contributed by atoms with van der Waals surface area (Å²) in [6.45, 7) is 3.73. The number of hydrogen-bond acceptors (Lipinski definition) is 3. The number of aromatic nitrogens is 3. The van der Waals surface area contributed by atoms with Gasteiger partial charge in [-0.1, -0.05) is 45.4 Å². The van der Waals surface area contributed by atoms with Crippen molar-refractivity contribution in [1.82, 2.24) is 20.1 Å². The van der Waals surface area contributed by atoms with E-state index in [2.05, 4.69) is 27.0 Å². The van der Waals surface area contributed by atoms with E-state index in [4.69, 9.17) is 0 Å². The van der Waals surface area contributed by atoms with Gasteiger partial charge in [0.25, 0.3) is 0 Å². The third-order valence-corrected chi connectivity index (χ3v) is 4.39. The van der Waals surface area contributed by atoms with Crippen molar-refractivity contribution < 1.29 is 4.79 Å². The van der Waals surface area contributed by atoms with Gasteiger partial charge in [-0.25, -0.2) is 0 Å². The summed E-state index contributed by atoms with van der Waals surface area (Å²) >= 11 is 0. The first-order valence-electron chi connectivity index (χ1n) is 8.99. The second-order valence-corrected chi connectivity index (χ2v) is 6.29. The number of fused-ring (bicyclic) bond motifs is 1. The number of amides is 1. The predicted octanol–water partition coefficient (Wildman–Crippen LogP) is 3.37. The third kappa shape index (κ3) is 5.43. The highest BCUT2D eigenvalue weighted by atomic mass is 16.1. The summed E-state index contributed by atoms with van der Waals surface area (Å²) in [5.41, 5.74) is 0. The maximum Gasteiger partial charge on any atom is 0.220 e. The molecule has 1 aliphatic rings. The van der Waals surface area contributed by atoms with Crippen LogP contribution in [0, 0.1) is 0 Å². The molecular formula is C17H30N4O. The topological polar surface area (TPSA) is 59.8 Å². The van der Waals surface area contributed by atoms with Gasteiger partial charge < -0.3 is 9.88 Å². The highest BCUT2D eigenvalue weighted by Gasteiger charge is 2.14. The predicted molar refractivity (Wildman–Crippen MR) is 87.4 cm³/mol. The van der Waals surface area contributed by atoms with E-state index in [-0.39, 0.29) is 5.91 Å². The molecule has 0 saturated heterocycles. The van der Waals surface area contributed by atoms with Crippen molar-refractivity contribution in [3.8, 4) is 0 Å². The minimum atomic E-state index is 0.140. The summed E-state index contributed by atoms with van der Waals surface area (Å²) < 4.78 is 2.19. The molecule has 1 N–H and O–H groups in total. The van der Waals surface area contributed by atoms with Crippen LogP contribution in [0.3, 0.4) is 0 Å². The molecule has 5 nitrogen and oxygen atoms in total. The zero-order chi connectivity index (χ0) is 15.6. The summed E-state index contributed by atoms with van der Waals surface area (Å²) in [7, 11) is 0. The number of hydrogen-bond donors (Lipinski definition) is 1. The van der Waals surface area contributed by atoms with Crippen molar-refractivity contribution in [2.45, 2.75) is 90.6 Å². The Hall–Kier alpha value is -1.39. The Morgan fingerprint density at radius 1 is 1.09 bits per heavy atom. The lowest BCUT2D eigenvalue weighted by Gasteiger charge is -2.08. The average molecular weight is 306 g/mol. The molecule has 0 spiro atoms. The molecule has 0 aromatic carbocycles. The van der Waals surface area contributed by atoms with E-state index >= 15 is 0 Å². The average Bonchev–Trinajstić information content (AvgIpc) is 2.75. The number of nitrogens with zero attached hydrogens (tertiary/aromatic N) is 3. The standard InChI is InChI=1S/C17H30N4O/c1-2-3-4-5-6-9-12-17(22)18-14-16-20-19-15-11-8-7-10-13-21(15)16/h2-14H2,1H3,(H,18,22). The second-order valence-electron chi connectivity index (χ2n) is 6.29. The Kier molecular flexibility index (Phi) is 7.40. The monoisotopic (exact) mass is 306 g/mol. The molecule has 0 fully saturated rings. The molecule has 124 valence electrons. The van der Waals surface area contributed by atoms with Gasteiger partial charge in [0, 0.05) is 19.4 Å². The summed E-state index contributed by atoms with van der Waals surface area (Å²) in [5, 5.41) is 11.5. The van der Waals surface area contributed by atoms with E-state index in [1.54, 1.807) is 0 Å². The molecule has 1 aromatic heterocycles. The molecule has 22 heavy (non-hydrogen) atoms. The zero-order valence-corrected chi connectivity index (χ0v) is 13.9. The van der Waals surface area contributed by atoms with Crippen molar-refractivity contribution in [2.75, 3.05) is 0 Å². The van der Waals surface area contributed by atoms with Crippen LogP contribution in [0.1, 0.15) is 82.8 Å². The van der Waals surface area contributed by atoms with Crippen molar-refractivity contribution in [3.05, 3.63) is 11.6 Å². The fourth-order valence-electron chi connectivity index (χ4n) is 3.01. The lowest BCUT2D eigenvalue weighted by molar-refractivity contribution is -0.121. The number of unbranched alkanes of at least 4 members (excludes halogenated alkanes) is 5. The summed E-state index contributed by atoms with van der Waals surface area (Å²) in [5.74, 6) is 2.13. The molecule has 1 aliphatic heterocycles. The Balaban J connectivity index is 1.65. The third-order valence-electron chi connectivity index (χ3n) is 4.39. The van der Waals surface area contributed by atoms with Crippen molar-refractivity contribution in [2.24, 2.45) is 0 Å². The maximum absolute atomic E-state index is 11.9. The molecule has 0 radical (unpaired) electrons. The summed E-state index contributed by atoms with van der Waals surface area (Å²) in [4.78, 5) is 11.9. The minimum absolute atomic E-state index is 0.140. The van der Waals surface area contributed by atoms with E-state index in [1.165, 1.54) is 44.9 Å². The van der Waals surface area contributed by atoms with Crippen LogP contribution in [0.4, 0.5) is 0 Å². The van der Waals surface area contributed by atoms with E-state index in [0.29, 0.717) is 13.0 Å². The summed E-state index contributed by atoms with van der Waals surface area (Å²) in [6, 6.07) is 0. The van der Waals surface area contributed by atoms with Crippen LogP contribution in [0.15, 0.2) is 0 Å². The summed E-state index contributed by atoms with van der Waals surface area (Å²) in [6.07, 6.45) is 12.6. The zero-order valence-electron chi connectivity index (χ0n) is 13.9. The first kappa shape index (κ1) is 17.0. The second kappa shape index (κ2) is 9.59. The van der Waals surface area contributed by atoms with Crippen LogP contribution in [0.25, 0.3) is 0 Å². The Labute approximate surface area is 133 Å². The molecule has 1 amide bonds. The van der Waals surface area contributed by atoms with Crippen LogP contribution in [-0.2, 0) is 24.3 Å². The number of carbonyl (C=O) groups excluding carboxylic acids is 1. The van der Waals surface area contributed by atoms with E-state index < -0.39 is 0 Å². The highest BCUT2D eigenvalue weighted by Crippen LogP contribution is 2.14. The molecule has 0 aliphatic carbocycles. The van der Waals surface area contributed by atoms with Gasteiger partial charge in [0.2, 0.25) is 5.91 Å². The highest BCUT2D eigenvalue weighted by molar-refractivity contribution is 5.75. The van der Waals surface area contributed by atoms with Gasteiger partial charge in [0.1, 0.15) is 5.82 Å². The normalized spacial score (nSPS) is 14.4. The van der Waals surface area contributed by atoms with Crippen molar-refractivity contribution in [3.63, 3.8) is 0 Å². The fourth-order valence-corrected chi connectivity index (χ4v) is 3.01. The van der Waals surface area contributed by atoms with Crippen molar-refractivity contribution in [1.29, 1.82) is 0 Å². The van der Waals surface area contributed by atoms with Crippen LogP contribution in [-0.4, -0.2) is 20.7 Å². The van der Waals surface area contributed by atoms with Crippen LogP contribution < -0.4 is 5.32 Å². The largest absolute Gasteiger partial charge is 0.349 e. The number of carbonyl (C=O) groups is 1. The van der Waals surface area contributed by atoms with Crippen LogP contribution >= 0.6 is 0 Å². The van der Waals surface area contributed by atoms with Crippen LogP contribution in [0.2, 0.25) is 0 Å². The molecule has 0 saturated carbocycles. The van der Waals surface area contributed by atoms with E-state index in [0.717, 1.165) is 37.5 Å². The quantitative estimate of drug-likeness (QED) is 0.712. The van der Waals surface area contributed by atoms with E-state index in [9.17, 15) is 4.79 Å². The Morgan fingerprint density at radius 3 is 2.77 bits per heavy atom. The smallest absolute Gasteiger partial charge is 0.220 e. The van der Waals surface area contributed by atoms with E-state index in [1.807, 2.05) is 0 Å². The Morgan fingerprint density at radius 2 is 1.91 bits per heavy atom. The maximum atomic E-state index is 11.9. The molecule has 2 heterocycles. The number of aryl methyl sites for hydroxylation is 1. The lowest BCUT2D eigenvalue weighted by Crippen LogP contribution is -2.24. The molecule has 1 aromatic rings. The minimum Gasteiger partial charge on any atom is -0.349 e. The first-order valence-corrected chi connectivity index (χ1v) is 8.99. The SMILES string of the molecule is CCCCCCCCC(=O)NCc1nnc2n1CCCCC2. The Bertz CT molecular complexity index is 456. The molecule has 0 bridgehead atoms. The number of rotatable bonds is 9. The lowest BCUT2D eigenvalue weighted by atomic mass is 10.1. The van der Waals surface area contributed by atoms with Gasteiger partial charge in [-0.15, -0.1) is 10.2 Å². The van der Waals surface area contributed by atoms with Crippen LogP contribution in [0.5, 0.6) is 0 Å². The molecular weight excluding hydrogens is 276 g/mol. The van der Waals surface area contributed by atoms with Gasteiger partial charge in [0.15, 0.2) is 5.82 Å². The molecule has 2 rings (SSSR count). The molecule has 0 unspecified atom stereocenters. The van der Waals surface area contributed by atoms with Gasteiger partial charge >= 0.3 is 0 Å².